The molecule has 1 heterocycles. The predicted molar refractivity (Wildman–Crippen MR) is 104 cm³/mol. The number of hydrogen-bond donors (Lipinski definition) is 3. The highest BCUT2D eigenvalue weighted by atomic mass is 19.1. The van der Waals surface area contributed by atoms with Gasteiger partial charge in [0.05, 0.1) is 5.57 Å². The van der Waals surface area contributed by atoms with Crippen LogP contribution in [0.3, 0.4) is 0 Å². The molecule has 3 rings (SSSR count). The zero-order valence-electron chi connectivity index (χ0n) is 16.3. The van der Waals surface area contributed by atoms with Crippen molar-refractivity contribution in [1.29, 1.82) is 0 Å². The van der Waals surface area contributed by atoms with E-state index in [1.54, 1.807) is 12.1 Å². The molecular formula is C22H28FNO4. The summed E-state index contributed by atoms with van der Waals surface area (Å²) in [5.74, 6) is -2.58. The molecule has 2 aliphatic rings. The maximum atomic E-state index is 13.5. The highest BCUT2D eigenvalue weighted by Gasteiger charge is 2.59. The monoisotopic (exact) mass is 389 g/mol. The van der Waals surface area contributed by atoms with Gasteiger partial charge in [0.25, 0.3) is 0 Å². The van der Waals surface area contributed by atoms with Crippen molar-refractivity contribution in [1.82, 2.24) is 5.32 Å². The fourth-order valence-corrected chi connectivity index (χ4v) is 5.51. The minimum Gasteiger partial charge on any atom is -0.478 e. The summed E-state index contributed by atoms with van der Waals surface area (Å²) in [5.41, 5.74) is 0.00145. The maximum absolute atomic E-state index is 13.5. The molecule has 2 fully saturated rings. The number of nitrogens with one attached hydrogen (secondary N) is 1. The van der Waals surface area contributed by atoms with Crippen LogP contribution >= 0.6 is 0 Å². The van der Waals surface area contributed by atoms with Gasteiger partial charge in [-0.15, -0.1) is 0 Å². The predicted octanol–water partition coefficient (Wildman–Crippen LogP) is 3.81. The molecule has 1 saturated heterocycles. The average Bonchev–Trinajstić information content (AvgIpc) is 3.06. The Kier molecular flexibility index (Phi) is 5.89. The second-order valence-corrected chi connectivity index (χ2v) is 8.18. The summed E-state index contributed by atoms with van der Waals surface area (Å²) in [6, 6.07) is 6.33. The lowest BCUT2D eigenvalue weighted by atomic mass is 9.54. The molecule has 5 nitrogen and oxygen atoms in total. The van der Waals surface area contributed by atoms with Gasteiger partial charge < -0.3 is 15.5 Å². The minimum atomic E-state index is -1.25. The van der Waals surface area contributed by atoms with Crippen LogP contribution in [0.1, 0.15) is 51.0 Å². The number of carbonyl (C=O) groups is 2. The van der Waals surface area contributed by atoms with Crippen LogP contribution in [0.25, 0.3) is 0 Å². The second kappa shape index (κ2) is 8.03. The Morgan fingerprint density at radius 1 is 1.29 bits per heavy atom. The number of aliphatic carboxylic acids is 2. The number of benzene rings is 1. The van der Waals surface area contributed by atoms with Crippen LogP contribution in [0.5, 0.6) is 0 Å². The first kappa shape index (κ1) is 20.5. The summed E-state index contributed by atoms with van der Waals surface area (Å²) < 4.78 is 13.5. The zero-order valence-corrected chi connectivity index (χ0v) is 16.3. The number of rotatable bonds is 6. The molecule has 0 aromatic heterocycles. The molecule has 0 bridgehead atoms. The van der Waals surface area contributed by atoms with E-state index in [0.717, 1.165) is 37.3 Å². The third kappa shape index (κ3) is 3.46. The Bertz CT molecular complexity index is 775. The summed E-state index contributed by atoms with van der Waals surface area (Å²) in [5, 5.41) is 22.9. The summed E-state index contributed by atoms with van der Waals surface area (Å²) >= 11 is 0. The van der Waals surface area contributed by atoms with Gasteiger partial charge in [-0.1, -0.05) is 38.8 Å². The van der Waals surface area contributed by atoms with Gasteiger partial charge in [-0.3, -0.25) is 0 Å². The molecule has 1 aliphatic heterocycles. The Morgan fingerprint density at radius 3 is 2.54 bits per heavy atom. The molecule has 0 spiro atoms. The van der Waals surface area contributed by atoms with Gasteiger partial charge in [0, 0.05) is 24.1 Å². The van der Waals surface area contributed by atoms with Crippen LogP contribution in [0.2, 0.25) is 0 Å². The van der Waals surface area contributed by atoms with Crippen LogP contribution < -0.4 is 5.32 Å². The average molecular weight is 389 g/mol. The van der Waals surface area contributed by atoms with Crippen molar-refractivity contribution < 1.29 is 24.2 Å². The van der Waals surface area contributed by atoms with Gasteiger partial charge in [0.2, 0.25) is 0 Å². The third-order valence-corrected chi connectivity index (χ3v) is 6.88. The van der Waals surface area contributed by atoms with Crippen molar-refractivity contribution in [3.8, 4) is 0 Å². The van der Waals surface area contributed by atoms with Crippen molar-refractivity contribution in [2.45, 2.75) is 51.5 Å². The molecule has 6 heteroatoms. The first-order chi connectivity index (χ1) is 13.3. The summed E-state index contributed by atoms with van der Waals surface area (Å²) in [7, 11) is 0. The summed E-state index contributed by atoms with van der Waals surface area (Å²) in [4.78, 5) is 23.7. The topological polar surface area (TPSA) is 86.6 Å². The third-order valence-electron chi connectivity index (χ3n) is 6.88. The lowest BCUT2D eigenvalue weighted by Crippen LogP contribution is -2.46. The van der Waals surface area contributed by atoms with Gasteiger partial charge in [-0.05, 0) is 48.3 Å². The van der Waals surface area contributed by atoms with Crippen molar-refractivity contribution in [3.63, 3.8) is 0 Å². The number of carboxylic acids is 2. The number of fused-ring (bicyclic) bond motifs is 1. The first-order valence-electron chi connectivity index (χ1n) is 9.98. The normalized spacial score (nSPS) is 31.2. The van der Waals surface area contributed by atoms with Crippen LogP contribution in [0, 0.1) is 23.1 Å². The highest BCUT2D eigenvalue weighted by molar-refractivity contribution is 5.96. The molecule has 1 aliphatic carbocycles. The van der Waals surface area contributed by atoms with Gasteiger partial charge in [-0.25, -0.2) is 14.0 Å². The Balaban J connectivity index is 2.18. The fourth-order valence-electron chi connectivity index (χ4n) is 5.51. The first-order valence-corrected chi connectivity index (χ1v) is 9.98. The standard InChI is InChI=1S/C22H28FNO4/c1-3-13(2)20-17-6-4-5-16(14-7-9-15(23)10-8-14)22(17,12-24-20)18(21(27)28)11-19(25)26/h7-11,13,16-17,20,24H,3-6,12H2,1-2H3,(H,25,26)(H,27,28)/t13?,16-,17+,20?,22+/m0/s1. The second-order valence-electron chi connectivity index (χ2n) is 8.18. The van der Waals surface area contributed by atoms with Gasteiger partial charge in [-0.2, -0.15) is 0 Å². The SMILES string of the molecule is CCC(C)C1NC[C@]2(C(=CC(=O)O)C(=O)O)[C@@H]1CCC[C@H]2c1ccc(F)cc1. The van der Waals surface area contributed by atoms with Crippen molar-refractivity contribution in [2.24, 2.45) is 17.3 Å². The number of hydrogen-bond acceptors (Lipinski definition) is 3. The molecule has 1 aromatic carbocycles. The lowest BCUT2D eigenvalue weighted by molar-refractivity contribution is -0.137. The highest BCUT2D eigenvalue weighted by Crippen LogP contribution is 2.59. The van der Waals surface area contributed by atoms with Crippen LogP contribution in [-0.4, -0.2) is 34.7 Å². The zero-order chi connectivity index (χ0) is 20.5. The molecular weight excluding hydrogens is 361 g/mol. The smallest absolute Gasteiger partial charge is 0.332 e. The molecule has 0 radical (unpaired) electrons. The molecule has 5 atom stereocenters. The molecule has 1 saturated carbocycles. The number of halogens is 1. The number of carboxylic acid groups (broad SMARTS) is 2. The molecule has 0 amide bonds. The van der Waals surface area contributed by atoms with E-state index in [1.165, 1.54) is 12.1 Å². The van der Waals surface area contributed by atoms with E-state index in [1.807, 2.05) is 0 Å². The van der Waals surface area contributed by atoms with E-state index in [-0.39, 0.29) is 29.3 Å². The molecule has 3 N–H and O–H groups in total. The summed E-state index contributed by atoms with van der Waals surface area (Å²) in [6.45, 7) is 4.68. The molecule has 152 valence electrons. The van der Waals surface area contributed by atoms with Gasteiger partial charge in [0.15, 0.2) is 0 Å². The summed E-state index contributed by atoms with van der Waals surface area (Å²) in [6.07, 6.45) is 4.36. The molecule has 1 aromatic rings. The lowest BCUT2D eigenvalue weighted by Gasteiger charge is -2.48. The maximum Gasteiger partial charge on any atom is 0.332 e. The van der Waals surface area contributed by atoms with Crippen LogP contribution in [-0.2, 0) is 9.59 Å². The fraction of sp³-hybridized carbons (Fsp3) is 0.545. The van der Waals surface area contributed by atoms with E-state index in [2.05, 4.69) is 19.2 Å². The minimum absolute atomic E-state index is 0.0213. The van der Waals surface area contributed by atoms with E-state index < -0.39 is 17.4 Å². The Morgan fingerprint density at radius 2 is 1.96 bits per heavy atom. The van der Waals surface area contributed by atoms with E-state index in [9.17, 15) is 24.2 Å². The van der Waals surface area contributed by atoms with E-state index in [0.29, 0.717) is 12.5 Å². The quantitative estimate of drug-likeness (QED) is 0.644. The Labute approximate surface area is 164 Å². The van der Waals surface area contributed by atoms with Crippen molar-refractivity contribution >= 4 is 11.9 Å². The van der Waals surface area contributed by atoms with Gasteiger partial charge in [0.1, 0.15) is 5.82 Å². The van der Waals surface area contributed by atoms with E-state index >= 15 is 0 Å². The van der Waals surface area contributed by atoms with E-state index in [4.69, 9.17) is 0 Å². The molecule has 2 unspecified atom stereocenters. The largest absolute Gasteiger partial charge is 0.478 e. The van der Waals surface area contributed by atoms with Crippen LogP contribution in [0.15, 0.2) is 35.9 Å². The Hall–Kier alpha value is -2.21. The molecule has 28 heavy (non-hydrogen) atoms. The van der Waals surface area contributed by atoms with Crippen molar-refractivity contribution in [2.75, 3.05) is 6.54 Å². The van der Waals surface area contributed by atoms with Crippen LogP contribution in [0.4, 0.5) is 4.39 Å². The van der Waals surface area contributed by atoms with Crippen molar-refractivity contribution in [3.05, 3.63) is 47.3 Å². The van der Waals surface area contributed by atoms with Gasteiger partial charge >= 0.3 is 11.9 Å².